The molecule has 10 heteroatoms. The largest absolute Gasteiger partial charge is 0.477 e. The molecule has 2 amide bonds. The number of aromatic nitrogens is 1. The van der Waals surface area contributed by atoms with Crippen LogP contribution >= 0.6 is 34.7 Å². The Hall–Kier alpha value is -2.62. The molecule has 0 aliphatic carbocycles. The van der Waals surface area contributed by atoms with Gasteiger partial charge >= 0.3 is 5.97 Å². The van der Waals surface area contributed by atoms with Crippen molar-refractivity contribution >= 4 is 58.6 Å². The highest BCUT2D eigenvalue weighted by molar-refractivity contribution is 8.00. The molecule has 1 unspecified atom stereocenters. The standard InChI is InChI=1S/C20H16ClN3O4S2/c21-17-13(30-10-22-17)7-6-12-9-29-19-15(18(26)24(19)16(12)20(27)28)23-14(25)8-11-4-2-1-3-5-11/h1-7,10,15,19H,8-9H2,(H,23,25)(H,27,28)/b7-6+/t15?,19-/m1/s1. The summed E-state index contributed by atoms with van der Waals surface area (Å²) in [5.41, 5.74) is 2.89. The van der Waals surface area contributed by atoms with Gasteiger partial charge in [0.25, 0.3) is 5.91 Å². The zero-order chi connectivity index (χ0) is 21.3. The number of hydrogen-bond donors (Lipinski definition) is 2. The second-order valence-electron chi connectivity index (χ2n) is 6.64. The molecule has 2 atom stereocenters. The number of carbonyl (C=O) groups excluding carboxylic acids is 2. The van der Waals surface area contributed by atoms with Crippen molar-refractivity contribution in [2.45, 2.75) is 17.8 Å². The van der Waals surface area contributed by atoms with Crippen LogP contribution in [0.15, 0.2) is 53.2 Å². The third-order valence-corrected chi connectivity index (χ3v) is 7.22. The molecule has 1 saturated heterocycles. The van der Waals surface area contributed by atoms with Gasteiger partial charge in [-0.2, -0.15) is 0 Å². The summed E-state index contributed by atoms with van der Waals surface area (Å²) in [7, 11) is 0. The summed E-state index contributed by atoms with van der Waals surface area (Å²) in [6, 6.07) is 8.48. The Labute approximate surface area is 185 Å². The molecule has 2 aromatic rings. The fourth-order valence-corrected chi connectivity index (χ4v) is 5.49. The number of carbonyl (C=O) groups is 3. The monoisotopic (exact) mass is 461 g/mol. The second kappa shape index (κ2) is 8.63. The highest BCUT2D eigenvalue weighted by atomic mass is 35.5. The van der Waals surface area contributed by atoms with E-state index < -0.39 is 23.3 Å². The Morgan fingerprint density at radius 2 is 2.07 bits per heavy atom. The fourth-order valence-electron chi connectivity index (χ4n) is 3.30. The van der Waals surface area contributed by atoms with Crippen molar-refractivity contribution in [3.63, 3.8) is 0 Å². The number of β-lactam (4-membered cyclic amide) rings is 1. The first-order chi connectivity index (χ1) is 14.5. The molecule has 7 nitrogen and oxygen atoms in total. The van der Waals surface area contributed by atoms with Gasteiger partial charge in [-0.15, -0.1) is 23.1 Å². The van der Waals surface area contributed by atoms with Gasteiger partial charge in [-0.25, -0.2) is 9.78 Å². The molecule has 4 rings (SSSR count). The van der Waals surface area contributed by atoms with Crippen LogP contribution in [0, 0.1) is 0 Å². The Morgan fingerprint density at radius 3 is 2.73 bits per heavy atom. The number of amides is 2. The number of carboxylic acids is 1. The molecule has 2 aliphatic rings. The van der Waals surface area contributed by atoms with E-state index in [1.54, 1.807) is 17.7 Å². The Bertz CT molecular complexity index is 1070. The third kappa shape index (κ3) is 4.00. The van der Waals surface area contributed by atoms with Gasteiger partial charge in [0.15, 0.2) is 0 Å². The van der Waals surface area contributed by atoms with Crippen LogP contribution in [0.2, 0.25) is 5.15 Å². The van der Waals surface area contributed by atoms with Crippen LogP contribution in [0.4, 0.5) is 0 Å². The number of nitrogens with zero attached hydrogens (tertiary/aromatic N) is 2. The van der Waals surface area contributed by atoms with Gasteiger partial charge in [0.1, 0.15) is 22.3 Å². The van der Waals surface area contributed by atoms with E-state index >= 15 is 0 Å². The number of allylic oxidation sites excluding steroid dienone is 1. The zero-order valence-electron chi connectivity index (χ0n) is 15.4. The Kier molecular flexibility index (Phi) is 5.94. The summed E-state index contributed by atoms with van der Waals surface area (Å²) < 4.78 is 0. The van der Waals surface area contributed by atoms with Crippen LogP contribution < -0.4 is 5.32 Å². The molecule has 30 heavy (non-hydrogen) atoms. The molecule has 0 saturated carbocycles. The Morgan fingerprint density at radius 1 is 1.30 bits per heavy atom. The highest BCUT2D eigenvalue weighted by Gasteiger charge is 2.53. The first-order valence-corrected chi connectivity index (χ1v) is 11.3. The summed E-state index contributed by atoms with van der Waals surface area (Å²) in [5, 5.41) is 12.4. The second-order valence-corrected chi connectivity index (χ2v) is 8.99. The van der Waals surface area contributed by atoms with Crippen LogP contribution in [0.3, 0.4) is 0 Å². The van der Waals surface area contributed by atoms with Gasteiger partial charge in [-0.05, 0) is 17.2 Å². The van der Waals surface area contributed by atoms with Gasteiger partial charge < -0.3 is 10.4 Å². The van der Waals surface area contributed by atoms with E-state index in [2.05, 4.69) is 10.3 Å². The van der Waals surface area contributed by atoms with Crippen molar-refractivity contribution in [1.29, 1.82) is 0 Å². The van der Waals surface area contributed by atoms with E-state index in [1.165, 1.54) is 28.0 Å². The van der Waals surface area contributed by atoms with Crippen molar-refractivity contribution in [3.8, 4) is 0 Å². The van der Waals surface area contributed by atoms with Gasteiger partial charge in [0, 0.05) is 5.75 Å². The summed E-state index contributed by atoms with van der Waals surface area (Å²) in [5.74, 6) is -1.48. The first kappa shape index (κ1) is 20.6. The van der Waals surface area contributed by atoms with Crippen molar-refractivity contribution in [2.75, 3.05) is 5.75 Å². The third-order valence-electron chi connectivity index (χ3n) is 4.71. The van der Waals surface area contributed by atoms with E-state index in [9.17, 15) is 19.5 Å². The number of benzene rings is 1. The fraction of sp³-hybridized carbons (Fsp3) is 0.200. The maximum Gasteiger partial charge on any atom is 0.352 e. The number of rotatable bonds is 6. The summed E-state index contributed by atoms with van der Waals surface area (Å²) in [4.78, 5) is 42.8. The number of thioether (sulfide) groups is 1. The Balaban J connectivity index is 1.49. The van der Waals surface area contributed by atoms with Crippen LogP contribution in [0.1, 0.15) is 10.4 Å². The quantitative estimate of drug-likeness (QED) is 0.642. The molecular formula is C20H16ClN3O4S2. The normalized spacial score (nSPS) is 20.8. The van der Waals surface area contributed by atoms with Crippen molar-refractivity contribution in [1.82, 2.24) is 15.2 Å². The predicted octanol–water partition coefficient (Wildman–Crippen LogP) is 2.79. The number of aliphatic carboxylic acids is 1. The average molecular weight is 462 g/mol. The number of fused-ring (bicyclic) bond motifs is 1. The van der Waals surface area contributed by atoms with Crippen molar-refractivity contribution < 1.29 is 19.5 Å². The highest BCUT2D eigenvalue weighted by Crippen LogP contribution is 2.41. The summed E-state index contributed by atoms with van der Waals surface area (Å²) in [6.07, 6.45) is 3.51. The van der Waals surface area contributed by atoms with E-state index in [-0.39, 0.29) is 18.0 Å². The minimum atomic E-state index is -1.18. The van der Waals surface area contributed by atoms with Gasteiger partial charge in [-0.1, -0.05) is 48.0 Å². The predicted molar refractivity (Wildman–Crippen MR) is 116 cm³/mol. The van der Waals surface area contributed by atoms with Crippen LogP contribution in [0.5, 0.6) is 0 Å². The SMILES string of the molecule is O=C(Cc1ccccc1)NC1C(=O)N2C(C(=O)O)=C(/C=C/c3scnc3Cl)CS[C@H]12. The molecule has 3 heterocycles. The topological polar surface area (TPSA) is 99.6 Å². The number of hydrogen-bond acceptors (Lipinski definition) is 6. The lowest BCUT2D eigenvalue weighted by Crippen LogP contribution is -2.70. The molecule has 1 aromatic carbocycles. The lowest BCUT2D eigenvalue weighted by Gasteiger charge is -2.49. The summed E-state index contributed by atoms with van der Waals surface area (Å²) in [6.45, 7) is 0. The molecule has 0 spiro atoms. The van der Waals surface area contributed by atoms with Crippen LogP contribution in [-0.4, -0.2) is 49.9 Å². The molecule has 2 aliphatic heterocycles. The van der Waals surface area contributed by atoms with Gasteiger partial charge in [-0.3, -0.25) is 14.5 Å². The smallest absolute Gasteiger partial charge is 0.352 e. The average Bonchev–Trinajstić information content (AvgIpc) is 3.15. The molecule has 0 bridgehead atoms. The number of halogens is 1. The number of nitrogens with one attached hydrogen (secondary N) is 1. The lowest BCUT2D eigenvalue weighted by atomic mass is 10.0. The summed E-state index contributed by atoms with van der Waals surface area (Å²) >= 11 is 8.73. The maximum absolute atomic E-state index is 12.7. The lowest BCUT2D eigenvalue weighted by molar-refractivity contribution is -0.150. The van der Waals surface area contributed by atoms with E-state index in [4.69, 9.17) is 11.6 Å². The van der Waals surface area contributed by atoms with Crippen molar-refractivity contribution in [3.05, 3.63) is 68.8 Å². The minimum Gasteiger partial charge on any atom is -0.477 e. The molecule has 1 aromatic heterocycles. The number of thiazole rings is 1. The first-order valence-electron chi connectivity index (χ1n) is 8.97. The van der Waals surface area contributed by atoms with Crippen LogP contribution in [-0.2, 0) is 20.8 Å². The van der Waals surface area contributed by atoms with E-state index in [0.717, 1.165) is 5.56 Å². The number of carboxylic acid groups (broad SMARTS) is 1. The zero-order valence-corrected chi connectivity index (χ0v) is 17.8. The minimum absolute atomic E-state index is 0.0609. The van der Waals surface area contributed by atoms with Gasteiger partial charge in [0.05, 0.1) is 16.8 Å². The van der Waals surface area contributed by atoms with Gasteiger partial charge in [0.2, 0.25) is 5.91 Å². The molecular weight excluding hydrogens is 446 g/mol. The maximum atomic E-state index is 12.7. The van der Waals surface area contributed by atoms with E-state index in [0.29, 0.717) is 21.4 Å². The van der Waals surface area contributed by atoms with E-state index in [1.807, 2.05) is 30.3 Å². The van der Waals surface area contributed by atoms with Crippen molar-refractivity contribution in [2.24, 2.45) is 0 Å². The molecule has 0 radical (unpaired) electrons. The molecule has 2 N–H and O–H groups in total. The molecule has 1 fully saturated rings. The van der Waals surface area contributed by atoms with Crippen LogP contribution in [0.25, 0.3) is 6.08 Å². The molecule has 154 valence electrons.